The zero-order valence-electron chi connectivity index (χ0n) is 14.2. The second-order valence-electron chi connectivity index (χ2n) is 6.28. The fourth-order valence-electron chi connectivity index (χ4n) is 2.69. The molecule has 0 aliphatic carbocycles. The first-order valence-electron chi connectivity index (χ1n) is 8.15. The van der Waals surface area contributed by atoms with Crippen LogP contribution >= 0.6 is 0 Å². The summed E-state index contributed by atoms with van der Waals surface area (Å²) in [4.78, 5) is 21.1. The van der Waals surface area contributed by atoms with Crippen LogP contribution in [0.5, 0.6) is 0 Å². The summed E-state index contributed by atoms with van der Waals surface area (Å²) in [5.41, 5.74) is 3.54. The van der Waals surface area contributed by atoms with Crippen molar-refractivity contribution in [1.29, 1.82) is 0 Å². The number of pyridine rings is 2. The van der Waals surface area contributed by atoms with E-state index in [2.05, 4.69) is 53.4 Å². The second kappa shape index (κ2) is 6.79. The van der Waals surface area contributed by atoms with Crippen molar-refractivity contribution in [3.63, 3.8) is 0 Å². The lowest BCUT2D eigenvalue weighted by atomic mass is 9.99. The van der Waals surface area contributed by atoms with Crippen molar-refractivity contribution in [3.05, 3.63) is 71.7 Å². The van der Waals surface area contributed by atoms with Crippen LogP contribution in [0.4, 0.5) is 0 Å². The Morgan fingerprint density at radius 2 is 1.71 bits per heavy atom. The molecule has 122 valence electrons. The van der Waals surface area contributed by atoms with E-state index in [-0.39, 0.29) is 11.9 Å². The Labute approximate surface area is 142 Å². The molecule has 0 saturated carbocycles. The maximum atomic E-state index is 12.6. The molecule has 1 aromatic carbocycles. The average Bonchev–Trinajstić information content (AvgIpc) is 2.61. The number of benzene rings is 1. The maximum absolute atomic E-state index is 12.6. The molecule has 1 N–H and O–H groups in total. The van der Waals surface area contributed by atoms with E-state index in [9.17, 15) is 4.79 Å². The van der Waals surface area contributed by atoms with Crippen LogP contribution in [0.25, 0.3) is 10.9 Å². The summed E-state index contributed by atoms with van der Waals surface area (Å²) in [6.07, 6.45) is 4.97. The summed E-state index contributed by atoms with van der Waals surface area (Å²) in [6.45, 7) is 6.32. The van der Waals surface area contributed by atoms with Crippen molar-refractivity contribution in [2.75, 3.05) is 0 Å². The van der Waals surface area contributed by atoms with Crippen LogP contribution in [0.2, 0.25) is 0 Å². The normalized spacial score (nSPS) is 12.3. The Morgan fingerprint density at radius 3 is 2.42 bits per heavy atom. The highest BCUT2D eigenvalue weighted by molar-refractivity contribution is 6.04. The van der Waals surface area contributed by atoms with Gasteiger partial charge in [-0.2, -0.15) is 0 Å². The van der Waals surface area contributed by atoms with Gasteiger partial charge in [0.25, 0.3) is 5.91 Å². The van der Waals surface area contributed by atoms with Gasteiger partial charge in [-0.15, -0.1) is 0 Å². The van der Waals surface area contributed by atoms with Crippen molar-refractivity contribution in [1.82, 2.24) is 15.3 Å². The minimum absolute atomic E-state index is 0.0855. The molecule has 3 rings (SSSR count). The van der Waals surface area contributed by atoms with E-state index in [1.165, 1.54) is 5.56 Å². The van der Waals surface area contributed by atoms with Crippen LogP contribution in [0.3, 0.4) is 0 Å². The summed E-state index contributed by atoms with van der Waals surface area (Å²) in [5.74, 6) is 0.337. The van der Waals surface area contributed by atoms with Crippen molar-refractivity contribution >= 4 is 16.8 Å². The van der Waals surface area contributed by atoms with E-state index in [4.69, 9.17) is 0 Å². The molecule has 4 heteroatoms. The largest absolute Gasteiger partial charge is 0.345 e. The number of hydrogen-bond donors (Lipinski definition) is 1. The third kappa shape index (κ3) is 3.27. The Bertz CT molecular complexity index is 851. The van der Waals surface area contributed by atoms with Gasteiger partial charge in [0.05, 0.1) is 17.1 Å². The molecule has 0 spiro atoms. The summed E-state index contributed by atoms with van der Waals surface area (Å²) in [7, 11) is 0. The Hall–Kier alpha value is -2.75. The van der Waals surface area contributed by atoms with Crippen LogP contribution in [0.15, 0.2) is 55.0 Å². The maximum Gasteiger partial charge on any atom is 0.255 e. The van der Waals surface area contributed by atoms with Crippen LogP contribution in [0.1, 0.15) is 54.2 Å². The molecular weight excluding hydrogens is 298 g/mol. The molecule has 3 aromatic rings. The van der Waals surface area contributed by atoms with Gasteiger partial charge in [-0.3, -0.25) is 14.8 Å². The monoisotopic (exact) mass is 319 g/mol. The lowest BCUT2D eigenvalue weighted by molar-refractivity contribution is 0.0941. The molecule has 0 bridgehead atoms. The third-order valence-electron chi connectivity index (χ3n) is 4.21. The van der Waals surface area contributed by atoms with E-state index in [0.29, 0.717) is 17.0 Å². The Balaban J connectivity index is 1.80. The smallest absolute Gasteiger partial charge is 0.255 e. The molecule has 0 radical (unpaired) electrons. The Kier molecular flexibility index (Phi) is 4.56. The average molecular weight is 319 g/mol. The van der Waals surface area contributed by atoms with Crippen LogP contribution in [-0.2, 0) is 0 Å². The number of carbonyl (C=O) groups is 1. The number of hydrogen-bond acceptors (Lipinski definition) is 3. The third-order valence-corrected chi connectivity index (χ3v) is 4.21. The van der Waals surface area contributed by atoms with E-state index >= 15 is 0 Å². The Morgan fingerprint density at radius 1 is 1.00 bits per heavy atom. The number of rotatable bonds is 4. The van der Waals surface area contributed by atoms with Crippen molar-refractivity contribution in [2.45, 2.75) is 32.7 Å². The molecule has 1 amide bonds. The van der Waals surface area contributed by atoms with Crippen LogP contribution in [0, 0.1) is 0 Å². The predicted octanol–water partition coefficient (Wildman–Crippen LogP) is 4.24. The van der Waals surface area contributed by atoms with E-state index in [0.717, 1.165) is 10.9 Å². The van der Waals surface area contributed by atoms with Gasteiger partial charge in [0.2, 0.25) is 0 Å². The van der Waals surface area contributed by atoms with Gasteiger partial charge in [-0.1, -0.05) is 38.1 Å². The molecule has 0 aliphatic heterocycles. The predicted molar refractivity (Wildman–Crippen MR) is 96.0 cm³/mol. The van der Waals surface area contributed by atoms with Gasteiger partial charge in [-0.25, -0.2) is 0 Å². The summed E-state index contributed by atoms with van der Waals surface area (Å²) in [6, 6.07) is 12.0. The SMILES string of the molecule is CC(C)c1ccc(C(C)NC(=O)c2cncc3cccnc23)cc1. The van der Waals surface area contributed by atoms with Gasteiger partial charge in [0.15, 0.2) is 0 Å². The van der Waals surface area contributed by atoms with Gasteiger partial charge in [0, 0.05) is 24.0 Å². The summed E-state index contributed by atoms with van der Waals surface area (Å²) >= 11 is 0. The topological polar surface area (TPSA) is 54.9 Å². The molecule has 1 unspecified atom stereocenters. The number of nitrogens with zero attached hydrogens (tertiary/aromatic N) is 2. The molecule has 2 heterocycles. The number of carbonyl (C=O) groups excluding carboxylic acids is 1. The minimum Gasteiger partial charge on any atom is -0.345 e. The minimum atomic E-state index is -0.160. The van der Waals surface area contributed by atoms with Crippen molar-refractivity contribution in [3.8, 4) is 0 Å². The van der Waals surface area contributed by atoms with Crippen LogP contribution in [-0.4, -0.2) is 15.9 Å². The lowest BCUT2D eigenvalue weighted by Crippen LogP contribution is -2.27. The molecule has 1 atom stereocenters. The van der Waals surface area contributed by atoms with Gasteiger partial charge in [-0.05, 0) is 36.1 Å². The standard InChI is InChI=1S/C20H21N3O/c1-13(2)15-6-8-16(9-7-15)14(3)23-20(24)18-12-21-11-17-5-4-10-22-19(17)18/h4-14H,1-3H3,(H,23,24). The molecule has 2 aromatic heterocycles. The number of fused-ring (bicyclic) bond motifs is 1. The van der Waals surface area contributed by atoms with E-state index < -0.39 is 0 Å². The highest BCUT2D eigenvalue weighted by Gasteiger charge is 2.15. The quantitative estimate of drug-likeness (QED) is 0.782. The molecule has 24 heavy (non-hydrogen) atoms. The zero-order valence-corrected chi connectivity index (χ0v) is 14.2. The first kappa shape index (κ1) is 16.1. The van der Waals surface area contributed by atoms with Crippen molar-refractivity contribution < 1.29 is 4.79 Å². The van der Waals surface area contributed by atoms with Crippen LogP contribution < -0.4 is 5.32 Å². The summed E-state index contributed by atoms with van der Waals surface area (Å²) < 4.78 is 0. The van der Waals surface area contributed by atoms with Gasteiger partial charge >= 0.3 is 0 Å². The fraction of sp³-hybridized carbons (Fsp3) is 0.250. The van der Waals surface area contributed by atoms with E-state index in [1.54, 1.807) is 18.6 Å². The van der Waals surface area contributed by atoms with Gasteiger partial charge < -0.3 is 5.32 Å². The first-order chi connectivity index (χ1) is 11.6. The number of nitrogens with one attached hydrogen (secondary N) is 1. The highest BCUT2D eigenvalue weighted by Crippen LogP contribution is 2.20. The number of aromatic nitrogens is 2. The molecular formula is C20H21N3O. The van der Waals surface area contributed by atoms with Gasteiger partial charge in [0.1, 0.15) is 0 Å². The first-order valence-corrected chi connectivity index (χ1v) is 8.15. The summed E-state index contributed by atoms with van der Waals surface area (Å²) in [5, 5.41) is 3.89. The number of amides is 1. The van der Waals surface area contributed by atoms with Crippen molar-refractivity contribution in [2.24, 2.45) is 0 Å². The highest BCUT2D eigenvalue weighted by atomic mass is 16.1. The molecule has 0 fully saturated rings. The fourth-order valence-corrected chi connectivity index (χ4v) is 2.69. The zero-order chi connectivity index (χ0) is 17.1. The van der Waals surface area contributed by atoms with E-state index in [1.807, 2.05) is 19.1 Å². The molecule has 0 saturated heterocycles. The lowest BCUT2D eigenvalue weighted by Gasteiger charge is -2.16. The molecule has 0 aliphatic rings. The second-order valence-corrected chi connectivity index (χ2v) is 6.28. The molecule has 4 nitrogen and oxygen atoms in total.